The number of fused-ring (bicyclic) bond motifs is 1. The number of hydrogen-bond donors (Lipinski definition) is 1. The van der Waals surface area contributed by atoms with Crippen LogP contribution in [0.15, 0.2) is 65.9 Å². The molecule has 2 atom stereocenters. The highest BCUT2D eigenvalue weighted by atomic mass is 19.1. The number of hydrogen-bond acceptors (Lipinski definition) is 4. The lowest BCUT2D eigenvalue weighted by molar-refractivity contribution is -0.116. The number of aromatic nitrogens is 3. The number of aryl methyl sites for hydroxylation is 1. The number of benzene rings is 2. The summed E-state index contributed by atoms with van der Waals surface area (Å²) in [5.41, 5.74) is 3.58. The molecule has 2 aromatic carbocycles. The Labute approximate surface area is 161 Å². The molecule has 3 aromatic rings. The zero-order valence-electron chi connectivity index (χ0n) is 15.4. The van der Waals surface area contributed by atoms with Gasteiger partial charge in [-0.2, -0.15) is 10.1 Å². The van der Waals surface area contributed by atoms with Gasteiger partial charge < -0.3 is 5.32 Å². The van der Waals surface area contributed by atoms with Gasteiger partial charge in [0.25, 0.3) is 0 Å². The van der Waals surface area contributed by atoms with E-state index in [1.54, 1.807) is 16.8 Å². The van der Waals surface area contributed by atoms with Gasteiger partial charge in [0.2, 0.25) is 5.95 Å². The first-order chi connectivity index (χ1) is 13.6. The molecule has 5 nitrogen and oxygen atoms in total. The Hall–Kier alpha value is -3.28. The van der Waals surface area contributed by atoms with Gasteiger partial charge in [-0.3, -0.25) is 4.79 Å². The molecule has 0 radical (unpaired) electrons. The SMILES string of the molecule is Cc1nc2n(n1)[C@H](c1ccc(F)cc1)C1=C(C[C@@H](c3ccccc3)CC1=O)N2. The van der Waals surface area contributed by atoms with E-state index in [2.05, 4.69) is 27.5 Å². The zero-order chi connectivity index (χ0) is 19.3. The molecule has 140 valence electrons. The van der Waals surface area contributed by atoms with Crippen molar-refractivity contribution in [2.45, 2.75) is 31.7 Å². The molecule has 0 spiro atoms. The van der Waals surface area contributed by atoms with E-state index in [1.807, 2.05) is 25.1 Å². The molecule has 0 unspecified atom stereocenters. The van der Waals surface area contributed by atoms with Crippen molar-refractivity contribution in [1.82, 2.24) is 14.8 Å². The number of anilines is 1. The van der Waals surface area contributed by atoms with Crippen molar-refractivity contribution in [3.05, 3.63) is 88.6 Å². The fraction of sp³-hybridized carbons (Fsp3) is 0.227. The second-order valence-electron chi connectivity index (χ2n) is 7.34. The van der Waals surface area contributed by atoms with Crippen LogP contribution >= 0.6 is 0 Å². The van der Waals surface area contributed by atoms with Crippen molar-refractivity contribution in [1.29, 1.82) is 0 Å². The minimum absolute atomic E-state index is 0.0933. The Kier molecular flexibility index (Phi) is 3.86. The van der Waals surface area contributed by atoms with Crippen LogP contribution in [0, 0.1) is 12.7 Å². The van der Waals surface area contributed by atoms with Crippen LogP contribution in [0.1, 0.15) is 41.8 Å². The van der Waals surface area contributed by atoms with E-state index in [9.17, 15) is 9.18 Å². The molecule has 1 N–H and O–H groups in total. The number of ketones is 1. The number of nitrogens with zero attached hydrogens (tertiary/aromatic N) is 3. The van der Waals surface area contributed by atoms with E-state index in [0.29, 0.717) is 23.8 Å². The highest BCUT2D eigenvalue weighted by Gasteiger charge is 2.39. The van der Waals surface area contributed by atoms with Crippen LogP contribution in [-0.2, 0) is 4.79 Å². The van der Waals surface area contributed by atoms with E-state index in [0.717, 1.165) is 23.2 Å². The average Bonchev–Trinajstić information content (AvgIpc) is 3.07. The molecule has 0 fully saturated rings. The Morgan fingerprint density at radius 2 is 1.79 bits per heavy atom. The van der Waals surface area contributed by atoms with Gasteiger partial charge in [-0.1, -0.05) is 42.5 Å². The number of nitrogens with one attached hydrogen (secondary N) is 1. The molecule has 28 heavy (non-hydrogen) atoms. The Bertz CT molecular complexity index is 1090. The van der Waals surface area contributed by atoms with E-state index >= 15 is 0 Å². The second-order valence-corrected chi connectivity index (χ2v) is 7.34. The smallest absolute Gasteiger partial charge is 0.226 e. The van der Waals surface area contributed by atoms with Crippen LogP contribution < -0.4 is 5.32 Å². The highest BCUT2D eigenvalue weighted by molar-refractivity contribution is 6.00. The highest BCUT2D eigenvalue weighted by Crippen LogP contribution is 2.43. The summed E-state index contributed by atoms with van der Waals surface area (Å²) in [6.07, 6.45) is 1.18. The van der Waals surface area contributed by atoms with Gasteiger partial charge in [-0.25, -0.2) is 9.07 Å². The zero-order valence-corrected chi connectivity index (χ0v) is 15.4. The monoisotopic (exact) mass is 374 g/mol. The van der Waals surface area contributed by atoms with Gasteiger partial charge in [0.1, 0.15) is 17.7 Å². The van der Waals surface area contributed by atoms with Gasteiger partial charge in [0.05, 0.1) is 0 Å². The summed E-state index contributed by atoms with van der Waals surface area (Å²) in [6.45, 7) is 1.82. The fourth-order valence-corrected chi connectivity index (χ4v) is 4.23. The number of carbonyl (C=O) groups is 1. The summed E-state index contributed by atoms with van der Waals surface area (Å²) in [4.78, 5) is 17.7. The first-order valence-electron chi connectivity index (χ1n) is 9.37. The Morgan fingerprint density at radius 1 is 1.04 bits per heavy atom. The van der Waals surface area contributed by atoms with E-state index in [-0.39, 0.29) is 17.5 Å². The number of rotatable bonds is 2. The first kappa shape index (κ1) is 16.9. The largest absolute Gasteiger partial charge is 0.328 e. The average molecular weight is 374 g/mol. The molecule has 2 aliphatic rings. The summed E-state index contributed by atoms with van der Waals surface area (Å²) in [7, 11) is 0. The van der Waals surface area contributed by atoms with Crippen LogP contribution in [0.4, 0.5) is 10.3 Å². The third kappa shape index (κ3) is 2.72. The predicted octanol–water partition coefficient (Wildman–Crippen LogP) is 4.14. The third-order valence-electron chi connectivity index (χ3n) is 5.48. The van der Waals surface area contributed by atoms with Crippen LogP contribution in [0.25, 0.3) is 0 Å². The molecule has 0 amide bonds. The lowest BCUT2D eigenvalue weighted by Crippen LogP contribution is -2.33. The molecule has 0 bridgehead atoms. The van der Waals surface area contributed by atoms with Crippen LogP contribution in [-0.4, -0.2) is 20.5 Å². The van der Waals surface area contributed by atoms with E-state index in [4.69, 9.17) is 0 Å². The van der Waals surface area contributed by atoms with Crippen molar-refractivity contribution in [3.8, 4) is 0 Å². The normalized spacial score (nSPS) is 21.1. The standard InChI is InChI=1S/C22H19FN4O/c1-13-24-22-25-18-11-16(14-5-3-2-4-6-14)12-19(28)20(18)21(27(22)26-13)15-7-9-17(23)10-8-15/h2-10,16,21H,11-12H2,1H3,(H,24,25,26)/t16-,21-/m1/s1. The van der Waals surface area contributed by atoms with E-state index < -0.39 is 6.04 Å². The molecule has 5 rings (SSSR count). The van der Waals surface area contributed by atoms with Crippen LogP contribution in [0.5, 0.6) is 0 Å². The second kappa shape index (κ2) is 6.41. The Balaban J connectivity index is 1.62. The summed E-state index contributed by atoms with van der Waals surface area (Å²) >= 11 is 0. The maximum absolute atomic E-state index is 13.5. The maximum atomic E-state index is 13.5. The van der Waals surface area contributed by atoms with Gasteiger partial charge in [0, 0.05) is 17.7 Å². The topological polar surface area (TPSA) is 59.8 Å². The molecule has 2 heterocycles. The number of halogens is 1. The lowest BCUT2D eigenvalue weighted by Gasteiger charge is -2.35. The van der Waals surface area contributed by atoms with Crippen molar-refractivity contribution in [2.24, 2.45) is 0 Å². The van der Waals surface area contributed by atoms with Crippen LogP contribution in [0.3, 0.4) is 0 Å². The maximum Gasteiger partial charge on any atom is 0.226 e. The first-order valence-corrected chi connectivity index (χ1v) is 9.37. The predicted molar refractivity (Wildman–Crippen MR) is 103 cm³/mol. The molecule has 1 aliphatic carbocycles. The van der Waals surface area contributed by atoms with Gasteiger partial charge in [-0.05, 0) is 42.5 Å². The molecule has 1 aromatic heterocycles. The molecular formula is C22H19FN4O. The van der Waals surface area contributed by atoms with Crippen molar-refractivity contribution in [3.63, 3.8) is 0 Å². The number of allylic oxidation sites excluding steroid dienone is 2. The molecule has 1 aliphatic heterocycles. The number of Topliss-reactive ketones (excluding diaryl/α,β-unsaturated/α-hetero) is 1. The fourth-order valence-electron chi connectivity index (χ4n) is 4.23. The Morgan fingerprint density at radius 3 is 2.54 bits per heavy atom. The minimum Gasteiger partial charge on any atom is -0.328 e. The summed E-state index contributed by atoms with van der Waals surface area (Å²) in [5, 5.41) is 7.83. The van der Waals surface area contributed by atoms with E-state index in [1.165, 1.54) is 12.1 Å². The summed E-state index contributed by atoms with van der Waals surface area (Å²) in [6, 6.07) is 16.0. The summed E-state index contributed by atoms with van der Waals surface area (Å²) < 4.78 is 15.2. The van der Waals surface area contributed by atoms with Gasteiger partial charge >= 0.3 is 0 Å². The van der Waals surface area contributed by atoms with Gasteiger partial charge in [-0.15, -0.1) is 0 Å². The molecule has 6 heteroatoms. The quantitative estimate of drug-likeness (QED) is 0.732. The molecular weight excluding hydrogens is 355 g/mol. The van der Waals surface area contributed by atoms with Crippen molar-refractivity contribution in [2.75, 3.05) is 5.32 Å². The third-order valence-corrected chi connectivity index (χ3v) is 5.48. The molecule has 0 saturated carbocycles. The van der Waals surface area contributed by atoms with Crippen molar-refractivity contribution >= 4 is 11.7 Å². The number of carbonyl (C=O) groups excluding carboxylic acids is 1. The lowest BCUT2D eigenvalue weighted by atomic mass is 9.78. The minimum atomic E-state index is -0.391. The molecule has 0 saturated heterocycles. The van der Waals surface area contributed by atoms with Crippen molar-refractivity contribution < 1.29 is 9.18 Å². The summed E-state index contributed by atoms with van der Waals surface area (Å²) in [5.74, 6) is 1.16. The van der Waals surface area contributed by atoms with Crippen LogP contribution in [0.2, 0.25) is 0 Å². The van der Waals surface area contributed by atoms with Gasteiger partial charge in [0.15, 0.2) is 5.78 Å².